The number of unbranched alkanes of at least 4 members (excludes halogenated alkanes) is 39. The van der Waals surface area contributed by atoms with Crippen molar-refractivity contribution in [1.82, 2.24) is 5.32 Å². The van der Waals surface area contributed by atoms with Crippen molar-refractivity contribution in [2.45, 2.75) is 358 Å². The van der Waals surface area contributed by atoms with Crippen LogP contribution in [0.4, 0.5) is 0 Å². The summed E-state index contributed by atoms with van der Waals surface area (Å²) < 4.78 is 16.7. The molecule has 11 heteroatoms. The van der Waals surface area contributed by atoms with E-state index in [9.17, 15) is 35.1 Å². The number of nitrogens with one attached hydrogen (secondary N) is 1. The van der Waals surface area contributed by atoms with E-state index in [1.54, 1.807) is 6.08 Å². The lowest BCUT2D eigenvalue weighted by Crippen LogP contribution is -2.60. The van der Waals surface area contributed by atoms with Gasteiger partial charge in [-0.3, -0.25) is 9.59 Å². The van der Waals surface area contributed by atoms with E-state index in [1.165, 1.54) is 225 Å². The highest BCUT2D eigenvalue weighted by Gasteiger charge is 2.44. The smallest absolute Gasteiger partial charge is 0.305 e. The van der Waals surface area contributed by atoms with Gasteiger partial charge in [-0.1, -0.05) is 262 Å². The Labute approximate surface area is 491 Å². The number of carbonyl (C=O) groups excluding carboxylic acids is 2. The summed E-state index contributed by atoms with van der Waals surface area (Å²) in [6.07, 6.45) is 65.3. The first-order valence-corrected chi connectivity index (χ1v) is 33.9. The van der Waals surface area contributed by atoms with Crippen molar-refractivity contribution in [3.8, 4) is 0 Å². The van der Waals surface area contributed by atoms with Crippen LogP contribution in [0.15, 0.2) is 48.6 Å². The minimum absolute atomic E-state index is 0.00369. The third-order valence-corrected chi connectivity index (χ3v) is 15.9. The number of allylic oxidation sites excluding steroid dienone is 7. The molecule has 0 aromatic rings. The molecule has 1 fully saturated rings. The zero-order chi connectivity index (χ0) is 58.0. The highest BCUT2D eigenvalue weighted by atomic mass is 16.7. The fourth-order valence-electron chi connectivity index (χ4n) is 10.5. The van der Waals surface area contributed by atoms with Crippen LogP contribution in [0.5, 0.6) is 0 Å². The molecule has 0 aromatic carbocycles. The molecule has 0 spiro atoms. The van der Waals surface area contributed by atoms with Crippen LogP contribution < -0.4 is 5.32 Å². The number of amides is 1. The lowest BCUT2D eigenvalue weighted by atomic mass is 9.99. The van der Waals surface area contributed by atoms with Gasteiger partial charge >= 0.3 is 5.97 Å². The minimum atomic E-state index is -1.57. The van der Waals surface area contributed by atoms with Crippen molar-refractivity contribution < 1.29 is 49.3 Å². The highest BCUT2D eigenvalue weighted by Crippen LogP contribution is 2.23. The molecule has 1 rings (SSSR count). The fraction of sp³-hybridized carbons (Fsp3) is 0.855. The van der Waals surface area contributed by atoms with Gasteiger partial charge in [0.1, 0.15) is 24.4 Å². The molecule has 0 bridgehead atoms. The van der Waals surface area contributed by atoms with Crippen molar-refractivity contribution in [3.63, 3.8) is 0 Å². The van der Waals surface area contributed by atoms with Crippen LogP contribution in [-0.2, 0) is 23.8 Å². The van der Waals surface area contributed by atoms with E-state index in [2.05, 4.69) is 55.6 Å². The van der Waals surface area contributed by atoms with Gasteiger partial charge in [0.15, 0.2) is 6.29 Å². The van der Waals surface area contributed by atoms with Gasteiger partial charge in [0, 0.05) is 12.8 Å². The molecule has 1 amide bonds. The number of rotatable bonds is 59. The summed E-state index contributed by atoms with van der Waals surface area (Å²) in [5.74, 6) is -0.189. The second kappa shape index (κ2) is 58.4. The van der Waals surface area contributed by atoms with Gasteiger partial charge < -0.3 is 45.1 Å². The summed E-state index contributed by atoms with van der Waals surface area (Å²) in [4.78, 5) is 25.1. The van der Waals surface area contributed by atoms with Gasteiger partial charge in [-0.05, 0) is 89.9 Å². The van der Waals surface area contributed by atoms with E-state index >= 15 is 0 Å². The molecule has 1 saturated heterocycles. The molecule has 6 N–H and O–H groups in total. The molecule has 468 valence electrons. The topological polar surface area (TPSA) is 175 Å². The number of aliphatic hydroxyl groups is 5. The van der Waals surface area contributed by atoms with Crippen LogP contribution in [0.1, 0.15) is 316 Å². The summed E-state index contributed by atoms with van der Waals surface area (Å²) in [5.41, 5.74) is 0. The van der Waals surface area contributed by atoms with Crippen molar-refractivity contribution in [2.24, 2.45) is 0 Å². The Hall–Kier alpha value is -2.38. The number of carbonyl (C=O) groups is 2. The SMILES string of the molecule is CCCCC/C=C\C/C=C\CCCCCCCCCC(=O)OCCCCCCCCCCCCCC/C=C\CCCCCCCCCCCCC(=O)NC(COC1OC(CO)C(O)C(O)C1O)C(O)/C=C/CCCCCCCCC. The maximum absolute atomic E-state index is 13.0. The predicted octanol–water partition coefficient (Wildman–Crippen LogP) is 16.8. The summed E-state index contributed by atoms with van der Waals surface area (Å²) >= 11 is 0. The van der Waals surface area contributed by atoms with E-state index in [-0.39, 0.29) is 18.5 Å². The van der Waals surface area contributed by atoms with Gasteiger partial charge in [-0.25, -0.2) is 0 Å². The monoisotopic (exact) mass is 1130 g/mol. The van der Waals surface area contributed by atoms with Gasteiger partial charge in [-0.2, -0.15) is 0 Å². The first-order chi connectivity index (χ1) is 39.2. The summed E-state index contributed by atoms with van der Waals surface area (Å²) in [7, 11) is 0. The van der Waals surface area contributed by atoms with Gasteiger partial charge in [0.2, 0.25) is 5.91 Å². The molecular formula is C69H127NO10. The first-order valence-electron chi connectivity index (χ1n) is 33.9. The Bertz CT molecular complexity index is 1470. The molecule has 0 aliphatic carbocycles. The van der Waals surface area contributed by atoms with E-state index in [1.807, 2.05) is 6.08 Å². The average molecular weight is 1130 g/mol. The number of hydrogen-bond acceptors (Lipinski definition) is 10. The van der Waals surface area contributed by atoms with Crippen LogP contribution in [0.25, 0.3) is 0 Å². The van der Waals surface area contributed by atoms with Crippen LogP contribution in [0.2, 0.25) is 0 Å². The summed E-state index contributed by atoms with van der Waals surface area (Å²) in [5, 5.41) is 54.3. The lowest BCUT2D eigenvalue weighted by molar-refractivity contribution is -0.302. The molecule has 1 heterocycles. The standard InChI is InChI=1S/C69H127NO10/c1-3-5-7-9-11-13-14-15-16-27-31-34-37-41-45-49-53-57-65(74)78-58-54-50-46-42-38-35-32-29-26-24-22-20-18-17-19-21-23-25-28-30-33-36-40-44-48-52-56-64(73)70-61(62(72)55-51-47-43-39-12-10-8-6-4-2)60-79-69-68(77)67(76)66(75)63(59-71)80-69/h11,13,15-17,19,51,55,61-63,66-69,71-72,75-77H,3-10,12,14,18,20-50,52-54,56-60H2,1-2H3,(H,70,73)/b13-11-,16-15-,19-17-,55-51+. The quantitative estimate of drug-likeness (QED) is 0.0195. The number of esters is 1. The third kappa shape index (κ3) is 47.0. The molecule has 7 unspecified atom stereocenters. The van der Waals surface area contributed by atoms with Gasteiger partial charge in [0.25, 0.3) is 0 Å². The van der Waals surface area contributed by atoms with Crippen molar-refractivity contribution >= 4 is 11.9 Å². The molecule has 1 aliphatic heterocycles. The lowest BCUT2D eigenvalue weighted by Gasteiger charge is -2.40. The Kier molecular flexibility index (Phi) is 55.2. The Balaban J connectivity index is 1.94. The van der Waals surface area contributed by atoms with E-state index in [0.29, 0.717) is 19.4 Å². The summed E-state index contributed by atoms with van der Waals surface area (Å²) in [6.45, 7) is 4.30. The minimum Gasteiger partial charge on any atom is -0.466 e. The van der Waals surface area contributed by atoms with Crippen LogP contribution in [-0.4, -0.2) is 100 Å². The summed E-state index contributed by atoms with van der Waals surface area (Å²) in [6, 6.07) is -0.810. The van der Waals surface area contributed by atoms with Crippen molar-refractivity contribution in [2.75, 3.05) is 19.8 Å². The van der Waals surface area contributed by atoms with E-state index in [4.69, 9.17) is 14.2 Å². The average Bonchev–Trinajstić information content (AvgIpc) is 3.46. The molecule has 11 nitrogen and oxygen atoms in total. The predicted molar refractivity (Wildman–Crippen MR) is 334 cm³/mol. The maximum Gasteiger partial charge on any atom is 0.305 e. The van der Waals surface area contributed by atoms with Crippen molar-refractivity contribution in [3.05, 3.63) is 48.6 Å². The van der Waals surface area contributed by atoms with Crippen LogP contribution in [0, 0.1) is 0 Å². The second-order valence-electron chi connectivity index (χ2n) is 23.5. The van der Waals surface area contributed by atoms with E-state index in [0.717, 1.165) is 64.2 Å². The Morgan fingerprint density at radius 3 is 1.30 bits per heavy atom. The third-order valence-electron chi connectivity index (χ3n) is 15.9. The molecular weight excluding hydrogens is 1000 g/mol. The molecule has 7 atom stereocenters. The molecule has 1 aliphatic rings. The van der Waals surface area contributed by atoms with E-state index < -0.39 is 49.5 Å². The van der Waals surface area contributed by atoms with Gasteiger partial charge in [-0.15, -0.1) is 0 Å². The Morgan fingerprint density at radius 2 is 0.838 bits per heavy atom. The largest absolute Gasteiger partial charge is 0.466 e. The fourth-order valence-corrected chi connectivity index (χ4v) is 10.5. The number of ether oxygens (including phenoxy) is 3. The second-order valence-corrected chi connectivity index (χ2v) is 23.5. The Morgan fingerprint density at radius 1 is 0.463 bits per heavy atom. The van der Waals surface area contributed by atoms with Crippen LogP contribution in [0.3, 0.4) is 0 Å². The molecule has 0 radical (unpaired) electrons. The molecule has 80 heavy (non-hydrogen) atoms. The first kappa shape index (κ1) is 75.6. The van der Waals surface area contributed by atoms with Gasteiger partial charge in [0.05, 0.1) is 32.0 Å². The zero-order valence-electron chi connectivity index (χ0n) is 51.8. The normalized spacial score (nSPS) is 18.6. The molecule has 0 saturated carbocycles. The number of aliphatic hydroxyl groups excluding tert-OH is 5. The maximum atomic E-state index is 13.0. The van der Waals surface area contributed by atoms with Crippen molar-refractivity contribution in [1.29, 1.82) is 0 Å². The zero-order valence-corrected chi connectivity index (χ0v) is 51.8. The van der Waals surface area contributed by atoms with Crippen LogP contribution >= 0.6 is 0 Å². The highest BCUT2D eigenvalue weighted by molar-refractivity contribution is 5.76. The number of hydrogen-bond donors (Lipinski definition) is 6. The molecule has 0 aromatic heterocycles.